The maximum atomic E-state index is 5.72. The molecule has 3 nitrogen and oxygen atoms in total. The van der Waals surface area contributed by atoms with Crippen LogP contribution < -0.4 is 11.5 Å². The zero-order valence-electron chi connectivity index (χ0n) is 12.0. The van der Waals surface area contributed by atoms with E-state index in [2.05, 4.69) is 22.0 Å². The second-order valence-corrected chi connectivity index (χ2v) is 5.06. The number of nitrogens with two attached hydrogens (primary N) is 2. The van der Waals surface area contributed by atoms with Gasteiger partial charge in [0.2, 0.25) is 0 Å². The Labute approximate surface area is 125 Å². The Morgan fingerprint density at radius 1 is 1.58 bits per heavy atom. The van der Waals surface area contributed by atoms with Crippen LogP contribution in [0.4, 0.5) is 0 Å². The number of rotatable bonds is 5. The number of hydrogen-bond acceptors (Lipinski definition) is 3. The Morgan fingerprint density at radius 2 is 2.26 bits per heavy atom. The Balaban J connectivity index is 0.00000154. The van der Waals surface area contributed by atoms with Crippen molar-refractivity contribution >= 4 is 15.9 Å². The van der Waals surface area contributed by atoms with Gasteiger partial charge in [-0.2, -0.15) is 0 Å². The van der Waals surface area contributed by atoms with Gasteiger partial charge in [0.05, 0.1) is 0 Å². The lowest BCUT2D eigenvalue weighted by Crippen LogP contribution is -2.10. The number of ether oxygens (including phenoxy) is 1. The lowest BCUT2D eigenvalue weighted by molar-refractivity contribution is 0.331. The summed E-state index contributed by atoms with van der Waals surface area (Å²) in [5, 5.41) is 0. The molecule has 108 valence electrons. The zero-order chi connectivity index (χ0) is 14.7. The molecule has 1 aliphatic rings. The number of allylic oxidation sites excluding steroid dienone is 4. The standard InChI is InChI=1S/C13H19BrN2O.C2H6/c1-10(16)2-5-13(8-9-15)17-12-6-3-11(14)4-7-12;1-2/h2-3,5-8,10-11H,4,9,15-16H2,1H3;1-2H3/b5-2-,13-8+;. The highest BCUT2D eigenvalue weighted by Crippen LogP contribution is 2.19. The first-order valence-electron chi connectivity index (χ1n) is 6.66. The molecule has 1 aliphatic carbocycles. The molecule has 0 aromatic rings. The first-order valence-corrected chi connectivity index (χ1v) is 7.57. The minimum Gasteiger partial charge on any atom is -0.458 e. The smallest absolute Gasteiger partial charge is 0.124 e. The highest BCUT2D eigenvalue weighted by Gasteiger charge is 2.06. The second-order valence-electron chi connectivity index (χ2n) is 3.88. The van der Waals surface area contributed by atoms with Gasteiger partial charge in [0.15, 0.2) is 0 Å². The van der Waals surface area contributed by atoms with Crippen molar-refractivity contribution < 1.29 is 4.74 Å². The number of alkyl halides is 1. The molecule has 19 heavy (non-hydrogen) atoms. The molecule has 0 aliphatic heterocycles. The molecule has 2 unspecified atom stereocenters. The van der Waals surface area contributed by atoms with Gasteiger partial charge in [0, 0.05) is 17.4 Å². The monoisotopic (exact) mass is 328 g/mol. The van der Waals surface area contributed by atoms with Gasteiger partial charge >= 0.3 is 0 Å². The van der Waals surface area contributed by atoms with E-state index in [0.717, 1.165) is 17.9 Å². The van der Waals surface area contributed by atoms with Crippen LogP contribution in [0, 0.1) is 0 Å². The largest absolute Gasteiger partial charge is 0.458 e. The van der Waals surface area contributed by atoms with Gasteiger partial charge in [0.25, 0.3) is 0 Å². The van der Waals surface area contributed by atoms with Gasteiger partial charge in [-0.05, 0) is 37.6 Å². The van der Waals surface area contributed by atoms with E-state index in [4.69, 9.17) is 16.2 Å². The van der Waals surface area contributed by atoms with Crippen LogP contribution in [0.1, 0.15) is 27.2 Å². The van der Waals surface area contributed by atoms with Crippen molar-refractivity contribution in [1.82, 2.24) is 0 Å². The molecule has 0 aromatic carbocycles. The highest BCUT2D eigenvalue weighted by atomic mass is 79.9. The molecule has 4 heteroatoms. The van der Waals surface area contributed by atoms with Gasteiger partial charge in [-0.1, -0.05) is 41.9 Å². The van der Waals surface area contributed by atoms with Crippen molar-refractivity contribution in [1.29, 1.82) is 0 Å². The molecule has 0 fully saturated rings. The molecule has 2 atom stereocenters. The van der Waals surface area contributed by atoms with Crippen LogP contribution in [0.2, 0.25) is 0 Å². The lowest BCUT2D eigenvalue weighted by Gasteiger charge is -2.13. The van der Waals surface area contributed by atoms with Gasteiger partial charge < -0.3 is 16.2 Å². The van der Waals surface area contributed by atoms with Crippen LogP contribution in [0.5, 0.6) is 0 Å². The molecule has 4 N–H and O–H groups in total. The Hall–Kier alpha value is -0.840. The van der Waals surface area contributed by atoms with Crippen LogP contribution in [-0.2, 0) is 4.74 Å². The van der Waals surface area contributed by atoms with E-state index < -0.39 is 0 Å². The molecule has 0 bridgehead atoms. The normalized spacial score (nSPS) is 20.6. The second kappa shape index (κ2) is 11.0. The fraction of sp³-hybridized carbons (Fsp3) is 0.467. The SMILES string of the molecule is CC.CC(N)/C=C\C(=C/CN)OC1=CCC(Br)C=C1. The minimum absolute atomic E-state index is 0.00238. The summed E-state index contributed by atoms with van der Waals surface area (Å²) in [6.07, 6.45) is 12.5. The third-order valence-electron chi connectivity index (χ3n) is 2.13. The highest BCUT2D eigenvalue weighted by molar-refractivity contribution is 9.09. The van der Waals surface area contributed by atoms with Crippen molar-refractivity contribution in [2.24, 2.45) is 11.5 Å². The summed E-state index contributed by atoms with van der Waals surface area (Å²) in [4.78, 5) is 0.399. The maximum absolute atomic E-state index is 5.72. The van der Waals surface area contributed by atoms with Crippen LogP contribution in [0.3, 0.4) is 0 Å². The third-order valence-corrected chi connectivity index (χ3v) is 2.81. The molecule has 0 spiro atoms. The molecule has 0 amide bonds. The number of halogens is 1. The summed E-state index contributed by atoms with van der Waals surface area (Å²) in [6.45, 7) is 6.35. The topological polar surface area (TPSA) is 61.3 Å². The van der Waals surface area contributed by atoms with Crippen molar-refractivity contribution in [2.45, 2.75) is 38.1 Å². The van der Waals surface area contributed by atoms with E-state index in [1.807, 2.05) is 51.2 Å². The zero-order valence-corrected chi connectivity index (χ0v) is 13.6. The fourth-order valence-corrected chi connectivity index (χ4v) is 1.63. The quantitative estimate of drug-likeness (QED) is 0.462. The van der Waals surface area contributed by atoms with E-state index in [1.165, 1.54) is 0 Å². The fourth-order valence-electron chi connectivity index (χ4n) is 1.29. The third kappa shape index (κ3) is 8.81. The first kappa shape index (κ1) is 18.2. The maximum Gasteiger partial charge on any atom is 0.124 e. The van der Waals surface area contributed by atoms with E-state index in [1.54, 1.807) is 0 Å². The van der Waals surface area contributed by atoms with Crippen LogP contribution in [-0.4, -0.2) is 17.4 Å². The Bertz CT molecular complexity index is 357. The number of hydrogen-bond donors (Lipinski definition) is 2. The molecule has 1 rings (SSSR count). The van der Waals surface area contributed by atoms with Gasteiger partial charge in [-0.3, -0.25) is 0 Å². The van der Waals surface area contributed by atoms with Crippen molar-refractivity contribution in [3.05, 3.63) is 48.0 Å². The first-order chi connectivity index (χ1) is 9.11. The van der Waals surface area contributed by atoms with E-state index >= 15 is 0 Å². The average Bonchev–Trinajstić information content (AvgIpc) is 2.41. The minimum atomic E-state index is 0.00238. The van der Waals surface area contributed by atoms with Gasteiger partial charge in [-0.25, -0.2) is 0 Å². The average molecular weight is 329 g/mol. The van der Waals surface area contributed by atoms with Gasteiger partial charge in [-0.15, -0.1) is 0 Å². The summed E-state index contributed by atoms with van der Waals surface area (Å²) in [5.41, 5.74) is 11.1. The molecule has 0 saturated heterocycles. The van der Waals surface area contributed by atoms with Crippen LogP contribution in [0.15, 0.2) is 48.0 Å². The Morgan fingerprint density at radius 3 is 2.74 bits per heavy atom. The molecular weight excluding hydrogens is 304 g/mol. The molecular formula is C15H25BrN2O. The molecule has 0 heterocycles. The van der Waals surface area contributed by atoms with Crippen molar-refractivity contribution in [3.8, 4) is 0 Å². The van der Waals surface area contributed by atoms with Crippen molar-refractivity contribution in [3.63, 3.8) is 0 Å². The summed E-state index contributed by atoms with van der Waals surface area (Å²) in [7, 11) is 0. The van der Waals surface area contributed by atoms with Crippen LogP contribution in [0.25, 0.3) is 0 Å². The van der Waals surface area contributed by atoms with E-state index in [0.29, 0.717) is 11.4 Å². The molecule has 0 radical (unpaired) electrons. The molecule has 0 aromatic heterocycles. The lowest BCUT2D eigenvalue weighted by atomic mass is 10.2. The predicted molar refractivity (Wildman–Crippen MR) is 86.9 cm³/mol. The van der Waals surface area contributed by atoms with E-state index in [-0.39, 0.29) is 6.04 Å². The van der Waals surface area contributed by atoms with Crippen LogP contribution >= 0.6 is 15.9 Å². The summed E-state index contributed by atoms with van der Waals surface area (Å²) in [6, 6.07) is 0.00238. The predicted octanol–water partition coefficient (Wildman–Crippen LogP) is 3.38. The van der Waals surface area contributed by atoms with Gasteiger partial charge in [0.1, 0.15) is 11.5 Å². The Kier molecular flexibility index (Phi) is 10.5. The summed E-state index contributed by atoms with van der Waals surface area (Å²) >= 11 is 3.51. The van der Waals surface area contributed by atoms with E-state index in [9.17, 15) is 0 Å². The molecule has 0 saturated carbocycles. The summed E-state index contributed by atoms with van der Waals surface area (Å²) in [5.74, 6) is 1.57. The van der Waals surface area contributed by atoms with Crippen molar-refractivity contribution in [2.75, 3.05) is 6.54 Å². The summed E-state index contributed by atoms with van der Waals surface area (Å²) < 4.78 is 5.72.